The van der Waals surface area contributed by atoms with E-state index in [1.54, 1.807) is 89.8 Å². The number of aliphatic hydroxyl groups is 2. The minimum Gasteiger partial charge on any atom is -0.497 e. The van der Waals surface area contributed by atoms with Crippen molar-refractivity contribution in [3.8, 4) is 34.5 Å². The summed E-state index contributed by atoms with van der Waals surface area (Å²) in [5.41, 5.74) is 24.0. The average molecular weight is 2100 g/mol. The second kappa shape index (κ2) is 42.5. The average Bonchev–Trinajstić information content (AvgIpc) is 1.60. The lowest BCUT2D eigenvalue weighted by Gasteiger charge is -2.32. The summed E-state index contributed by atoms with van der Waals surface area (Å²) >= 11 is 3.28. The summed E-state index contributed by atoms with van der Waals surface area (Å²) in [5, 5.41) is 65.3. The molecule has 2 unspecified atom stereocenters. The molecule has 4 fully saturated rings. The van der Waals surface area contributed by atoms with E-state index in [0.29, 0.717) is 127 Å². The molecule has 0 aliphatic carbocycles. The van der Waals surface area contributed by atoms with E-state index in [-0.39, 0.29) is 76.1 Å². The molecule has 148 heavy (non-hydrogen) atoms. The molecule has 12 aromatic heterocycles. The first-order valence-electron chi connectivity index (χ1n) is 48.8. The number of halogens is 5. The number of Topliss-reactive ketones (excluding diaryl/α,β-unsaturated/α-hetero) is 2. The highest BCUT2D eigenvalue weighted by atomic mass is 79.9. The number of piperidine rings is 4. The van der Waals surface area contributed by atoms with Gasteiger partial charge in [-0.3, -0.25) is 28.3 Å². The number of anilines is 7. The first-order chi connectivity index (χ1) is 70.6. The number of benzene rings is 5. The van der Waals surface area contributed by atoms with Crippen molar-refractivity contribution < 1.29 is 65.8 Å². The van der Waals surface area contributed by atoms with E-state index in [0.717, 1.165) is 117 Å². The Morgan fingerprint density at radius 2 is 0.777 bits per heavy atom. The Kier molecular flexibility index (Phi) is 29.9. The van der Waals surface area contributed by atoms with Crippen LogP contribution < -0.4 is 71.0 Å². The van der Waals surface area contributed by atoms with Gasteiger partial charge < -0.3 is 81.2 Å². The van der Waals surface area contributed by atoms with E-state index < -0.39 is 57.6 Å². The van der Waals surface area contributed by atoms with Gasteiger partial charge in [-0.1, -0.05) is 0 Å². The Balaban J connectivity index is 0.000000130. The van der Waals surface area contributed by atoms with Crippen LogP contribution in [0.1, 0.15) is 187 Å². The number of nitrogens with zero attached hydrogens (tertiary/aromatic N) is 27. The summed E-state index contributed by atoms with van der Waals surface area (Å²) in [6.07, 6.45) is 21.4. The fourth-order valence-electron chi connectivity index (χ4n) is 18.2. The second-order valence-electron chi connectivity index (χ2n) is 39.5. The van der Waals surface area contributed by atoms with Gasteiger partial charge in [-0.05, 0) is 193 Å². The fraction of sp³-hybridized carbons (Fsp3) is 0.446. The number of aliphatic hydroxyl groups excluding tert-OH is 2. The minimum atomic E-state index is -0.708. The Bertz CT molecular complexity index is 7570. The van der Waals surface area contributed by atoms with Crippen molar-refractivity contribution in [3.05, 3.63) is 173 Å². The molecule has 0 radical (unpaired) electrons. The van der Waals surface area contributed by atoms with Crippen molar-refractivity contribution in [1.29, 1.82) is 0 Å². The first-order valence-corrected chi connectivity index (χ1v) is 49.6. The summed E-state index contributed by atoms with van der Waals surface area (Å²) in [7, 11) is 8.89. The van der Waals surface area contributed by atoms with Crippen LogP contribution in [0.3, 0.4) is 0 Å². The zero-order valence-electron chi connectivity index (χ0n) is 85.8. The molecule has 0 saturated carbocycles. The van der Waals surface area contributed by atoms with E-state index in [9.17, 15) is 37.4 Å². The fourth-order valence-corrected chi connectivity index (χ4v) is 18.5. The molecule has 4 aliphatic heterocycles. The van der Waals surface area contributed by atoms with Crippen LogP contribution in [-0.2, 0) is 38.3 Å². The Morgan fingerprint density at radius 3 is 1.12 bits per heavy atom. The summed E-state index contributed by atoms with van der Waals surface area (Å²) in [6.45, 7) is 28.9. The van der Waals surface area contributed by atoms with E-state index in [1.165, 1.54) is 84.4 Å². The van der Waals surface area contributed by atoms with Crippen molar-refractivity contribution in [1.82, 2.24) is 123 Å². The second-order valence-corrected chi connectivity index (χ2v) is 40.5. The summed E-state index contributed by atoms with van der Waals surface area (Å²) in [5.74, 6) is 4.12. The number of ether oxygens (including phenoxy) is 6. The highest BCUT2D eigenvalue weighted by molar-refractivity contribution is 9.10. The van der Waals surface area contributed by atoms with Gasteiger partial charge >= 0.3 is 0 Å². The third-order valence-electron chi connectivity index (χ3n) is 28.7. The molecule has 5 aromatic carbocycles. The molecule has 0 bridgehead atoms. The molecular weight excluding hydrogens is 1980 g/mol. The number of hydrogen-bond acceptors (Lipinski definition) is 34. The molecule has 6 atom stereocenters. The molecule has 47 heteroatoms. The third kappa shape index (κ3) is 21.0. The Morgan fingerprint density at radius 1 is 0.439 bits per heavy atom. The topological polar surface area (TPSA) is 485 Å². The van der Waals surface area contributed by atoms with E-state index in [1.807, 2.05) is 105 Å². The largest absolute Gasteiger partial charge is 0.497 e. The Hall–Kier alpha value is -15.0. The number of fused-ring (bicyclic) bond motifs is 12. The van der Waals surface area contributed by atoms with Gasteiger partial charge in [0.05, 0.1) is 134 Å². The van der Waals surface area contributed by atoms with Crippen molar-refractivity contribution in [3.63, 3.8) is 0 Å². The lowest BCUT2D eigenvalue weighted by atomic mass is 9.97. The molecule has 0 amide bonds. The summed E-state index contributed by atoms with van der Waals surface area (Å²) < 4.78 is 103. The van der Waals surface area contributed by atoms with Gasteiger partial charge in [-0.15, -0.1) is 20.4 Å². The summed E-state index contributed by atoms with van der Waals surface area (Å²) in [6, 6.07) is 17.3. The van der Waals surface area contributed by atoms with Gasteiger partial charge in [-0.25, -0.2) is 57.4 Å². The number of hydrogen-bond donors (Lipinski definition) is 7. The molecule has 4 saturated heterocycles. The molecule has 21 rings (SSSR count). The third-order valence-corrected chi connectivity index (χ3v) is 29.1. The zero-order valence-corrected chi connectivity index (χ0v) is 87.4. The van der Waals surface area contributed by atoms with Gasteiger partial charge in [0.2, 0.25) is 23.8 Å². The number of carbonyl (C=O) groups is 2. The first kappa shape index (κ1) is 104. The van der Waals surface area contributed by atoms with Gasteiger partial charge in [0.1, 0.15) is 22.6 Å². The van der Waals surface area contributed by atoms with Crippen LogP contribution in [0.25, 0.3) is 66.2 Å². The maximum atomic E-state index is 14.6. The normalized spacial score (nSPS) is 16.8. The number of methoxy groups -OCH3 is 6. The van der Waals surface area contributed by atoms with Crippen molar-refractivity contribution in [2.45, 2.75) is 199 Å². The molecule has 42 nitrogen and oxygen atoms in total. The van der Waals surface area contributed by atoms with Crippen LogP contribution in [0.2, 0.25) is 0 Å². The van der Waals surface area contributed by atoms with Crippen LogP contribution in [0, 0.1) is 23.3 Å². The lowest BCUT2D eigenvalue weighted by Crippen LogP contribution is -2.38. The van der Waals surface area contributed by atoms with Crippen molar-refractivity contribution in [2.24, 2.45) is 0 Å². The summed E-state index contributed by atoms with van der Waals surface area (Å²) in [4.78, 5) is 66.9. The van der Waals surface area contributed by atoms with Gasteiger partial charge in [0.25, 0.3) is 0 Å². The predicted octanol–water partition coefficient (Wildman–Crippen LogP) is 13.8. The smallest absolute Gasteiger partial charge is 0.226 e. The molecular formula is C101H123BrF4N32O10. The SMILES string of the molecule is CC(=O)C(C)(C)n1cc(Br)cn1.COc1cc2nc(N)n3nc([C@@H]4CCCN(c5cnn(C(C)(C)C(C)=O)c5)C4)nc3c2cc1F.COc1cc2nc(N)n3nc([C@@H]4CCCN(c5cnn(C(C)(C)C(C)O)c5)C4)nc3c2cc1F.COc1cc2nc(N)n3nc([C@@H]4CCCN(c5cnn(C(C)(C)C(C)O)c5)C4)nc3c2cc1F.COc1ccc(CNc2nc3cc(OC)c(F)cc3c3nc([C@@H]4CCCNC4)nn23)c(OC)c1. The van der Waals surface area contributed by atoms with Gasteiger partial charge in [-0.2, -0.15) is 38.5 Å². The number of carbonyl (C=O) groups excluding carboxylic acids is 2. The minimum absolute atomic E-state index is 0.0417. The maximum absolute atomic E-state index is 14.6. The van der Waals surface area contributed by atoms with Crippen LogP contribution >= 0.6 is 15.9 Å². The van der Waals surface area contributed by atoms with Crippen LogP contribution in [0.15, 0.2) is 121 Å². The van der Waals surface area contributed by atoms with E-state index in [4.69, 9.17) is 75.6 Å². The van der Waals surface area contributed by atoms with Crippen LogP contribution in [-0.4, -0.2) is 246 Å². The number of aromatic nitrogens is 24. The van der Waals surface area contributed by atoms with E-state index >= 15 is 0 Å². The number of rotatable bonds is 24. The van der Waals surface area contributed by atoms with E-state index in [2.05, 4.69) is 91.9 Å². The molecule has 782 valence electrons. The standard InChI is InChI=1S/C24H27FN6O3.2C23H29FN8O2.C23H27FN8O2.C8H11BrN2O/c1-32-16-7-6-14(20(9-16)33-2)13-27-24-28-19-11-21(34-3)18(25)10-17(19)23-29-22(30-31(23)24)15-5-4-8-26-12-15;3*1-13(33)23(2,3)31-12-15(10-26-31)30-7-5-6-14(11-30)20-28-21-16-8-17(24)19(34-4)9-18(16)27-22(25)32(21)29-20;1-6(12)8(2,3)11-5-7(9)4-10-11/h6-7,9-11,15,26H,4-5,8,12-13H2,1-3H3,(H,27,28);2*8-10,12-14,33H,5-7,11H2,1-4H3,(H2,25,27);8-10,12,14H,5-7,11H2,1-4H3,(H2,25,27);4-5H,1-3H3/t15-;2*13?,14-;14-;/m1111./s1. The van der Waals surface area contributed by atoms with Crippen LogP contribution in [0.4, 0.5) is 58.4 Å². The van der Waals surface area contributed by atoms with Crippen LogP contribution in [0.5, 0.6) is 34.5 Å². The van der Waals surface area contributed by atoms with Gasteiger partial charge in [0, 0.05) is 158 Å². The van der Waals surface area contributed by atoms with Gasteiger partial charge in [0.15, 0.2) is 104 Å². The maximum Gasteiger partial charge on any atom is 0.226 e. The number of nitrogens with two attached hydrogens (primary N) is 3. The molecule has 4 aliphatic rings. The lowest BCUT2D eigenvalue weighted by molar-refractivity contribution is -0.125. The van der Waals surface area contributed by atoms with Crippen molar-refractivity contribution >= 4 is 135 Å². The number of nitrogens with one attached hydrogen (secondary N) is 2. The molecule has 16 heterocycles. The predicted molar refractivity (Wildman–Crippen MR) is 555 cm³/mol. The Labute approximate surface area is 857 Å². The molecule has 17 aromatic rings. The zero-order chi connectivity index (χ0) is 106. The monoisotopic (exact) mass is 2100 g/mol. The highest BCUT2D eigenvalue weighted by Crippen LogP contribution is 2.41. The quantitative estimate of drug-likeness (QED) is 0.0276. The number of ketones is 2. The highest BCUT2D eigenvalue weighted by Gasteiger charge is 2.37. The molecule has 10 N–H and O–H groups in total. The van der Waals surface area contributed by atoms with Crippen molar-refractivity contribution in [2.75, 3.05) is 132 Å². The molecule has 0 spiro atoms. The number of nitrogen functional groups attached to an aromatic ring is 3.